The fourth-order valence-electron chi connectivity index (χ4n) is 0.935. The van der Waals surface area contributed by atoms with Gasteiger partial charge in [-0.2, -0.15) is 0 Å². The summed E-state index contributed by atoms with van der Waals surface area (Å²) >= 11 is 6.44. The third-order valence-electron chi connectivity index (χ3n) is 1.72. The van der Waals surface area contributed by atoms with Crippen molar-refractivity contribution in [2.24, 2.45) is 11.5 Å². The highest BCUT2D eigenvalue weighted by Crippen LogP contribution is 2.34. The smallest absolute Gasteiger partial charge is 0.143 e. The van der Waals surface area contributed by atoms with Gasteiger partial charge >= 0.3 is 0 Å². The third-order valence-corrected chi connectivity index (χ3v) is 2.93. The van der Waals surface area contributed by atoms with Crippen molar-refractivity contribution in [1.29, 1.82) is 0 Å². The van der Waals surface area contributed by atoms with Crippen molar-refractivity contribution in [3.05, 3.63) is 26.6 Å². The lowest BCUT2D eigenvalue weighted by Crippen LogP contribution is -2.20. The maximum absolute atomic E-state index is 9.42. The van der Waals surface area contributed by atoms with Gasteiger partial charge in [0.1, 0.15) is 5.75 Å². The van der Waals surface area contributed by atoms with Gasteiger partial charge in [0.05, 0.1) is 8.95 Å². The van der Waals surface area contributed by atoms with Crippen LogP contribution in [0.15, 0.2) is 21.1 Å². The van der Waals surface area contributed by atoms with Gasteiger partial charge in [0.15, 0.2) is 0 Å². The van der Waals surface area contributed by atoms with E-state index in [-0.39, 0.29) is 24.2 Å². The van der Waals surface area contributed by atoms with Crippen molar-refractivity contribution >= 4 is 44.3 Å². The molecule has 0 aliphatic carbocycles. The van der Waals surface area contributed by atoms with Crippen LogP contribution in [0.25, 0.3) is 0 Å². The maximum Gasteiger partial charge on any atom is 0.143 e. The van der Waals surface area contributed by atoms with Crippen molar-refractivity contribution in [2.45, 2.75) is 6.04 Å². The predicted molar refractivity (Wildman–Crippen MR) is 66.7 cm³/mol. The van der Waals surface area contributed by atoms with Gasteiger partial charge in [-0.05, 0) is 49.6 Å². The number of benzene rings is 1. The van der Waals surface area contributed by atoms with Crippen LogP contribution in [0.4, 0.5) is 0 Å². The molecule has 1 aromatic rings. The van der Waals surface area contributed by atoms with Crippen LogP contribution in [0.3, 0.4) is 0 Å². The summed E-state index contributed by atoms with van der Waals surface area (Å²) in [4.78, 5) is 0. The number of phenols is 1. The Bertz CT molecular complexity index is 299. The van der Waals surface area contributed by atoms with Crippen molar-refractivity contribution in [2.75, 3.05) is 6.54 Å². The number of phenolic OH excluding ortho intramolecular Hbond substituents is 1. The lowest BCUT2D eigenvalue weighted by atomic mass is 10.1. The molecule has 1 aromatic carbocycles. The van der Waals surface area contributed by atoms with Crippen LogP contribution in [0.5, 0.6) is 5.75 Å². The average Bonchev–Trinajstić information content (AvgIpc) is 2.12. The Morgan fingerprint density at radius 1 is 1.29 bits per heavy atom. The second-order valence-corrected chi connectivity index (χ2v) is 4.38. The largest absolute Gasteiger partial charge is 0.506 e. The van der Waals surface area contributed by atoms with Crippen LogP contribution >= 0.6 is 44.3 Å². The first-order valence-corrected chi connectivity index (χ1v) is 5.28. The van der Waals surface area contributed by atoms with Gasteiger partial charge in [0.25, 0.3) is 0 Å². The molecule has 0 bridgehead atoms. The highest BCUT2D eigenvalue weighted by molar-refractivity contribution is 9.11. The van der Waals surface area contributed by atoms with Crippen LogP contribution in [0.1, 0.15) is 11.6 Å². The van der Waals surface area contributed by atoms with Gasteiger partial charge in [0, 0.05) is 12.6 Å². The monoisotopic (exact) mass is 344 g/mol. The summed E-state index contributed by atoms with van der Waals surface area (Å²) in [6.45, 7) is 0.379. The lowest BCUT2D eigenvalue weighted by molar-refractivity contribution is 0.468. The molecular formula is C8H11Br2ClN2O. The van der Waals surface area contributed by atoms with Gasteiger partial charge in [-0.3, -0.25) is 0 Å². The second-order valence-electron chi connectivity index (χ2n) is 2.68. The van der Waals surface area contributed by atoms with Crippen LogP contribution in [-0.2, 0) is 0 Å². The predicted octanol–water partition coefficient (Wildman–Crippen LogP) is 2.30. The first kappa shape index (κ1) is 14.2. The van der Waals surface area contributed by atoms with Crippen molar-refractivity contribution < 1.29 is 5.11 Å². The summed E-state index contributed by atoms with van der Waals surface area (Å²) < 4.78 is 1.22. The fourth-order valence-corrected chi connectivity index (χ4v) is 2.16. The first-order valence-electron chi connectivity index (χ1n) is 3.69. The van der Waals surface area contributed by atoms with E-state index in [4.69, 9.17) is 11.5 Å². The summed E-state index contributed by atoms with van der Waals surface area (Å²) in [5.41, 5.74) is 12.0. The molecule has 0 aliphatic rings. The summed E-state index contributed by atoms with van der Waals surface area (Å²) in [7, 11) is 0. The Kier molecular flexibility index (Phi) is 6.00. The van der Waals surface area contributed by atoms with Crippen LogP contribution < -0.4 is 11.5 Å². The minimum Gasteiger partial charge on any atom is -0.506 e. The first-order chi connectivity index (χ1) is 6.06. The zero-order valence-electron chi connectivity index (χ0n) is 7.21. The van der Waals surface area contributed by atoms with E-state index in [1.54, 1.807) is 12.1 Å². The molecule has 0 aliphatic heterocycles. The molecule has 1 rings (SSSR count). The highest BCUT2D eigenvalue weighted by Gasteiger charge is 2.09. The molecule has 3 nitrogen and oxygen atoms in total. The zero-order valence-corrected chi connectivity index (χ0v) is 11.2. The van der Waals surface area contributed by atoms with E-state index in [0.717, 1.165) is 5.56 Å². The highest BCUT2D eigenvalue weighted by atomic mass is 79.9. The van der Waals surface area contributed by atoms with E-state index < -0.39 is 0 Å². The Balaban J connectivity index is 0.00000169. The molecule has 0 radical (unpaired) electrons. The van der Waals surface area contributed by atoms with E-state index in [2.05, 4.69) is 31.9 Å². The van der Waals surface area contributed by atoms with Gasteiger partial charge in [-0.1, -0.05) is 0 Å². The Hall–Kier alpha value is 0.190. The Morgan fingerprint density at radius 2 is 1.71 bits per heavy atom. The van der Waals surface area contributed by atoms with Crippen molar-refractivity contribution in [3.8, 4) is 5.75 Å². The van der Waals surface area contributed by atoms with Crippen LogP contribution in [0.2, 0.25) is 0 Å². The number of hydrogen-bond acceptors (Lipinski definition) is 3. The van der Waals surface area contributed by atoms with E-state index >= 15 is 0 Å². The third kappa shape index (κ3) is 3.10. The zero-order chi connectivity index (χ0) is 10.0. The van der Waals surface area contributed by atoms with Gasteiger partial charge in [-0.15, -0.1) is 12.4 Å². The molecule has 80 valence electrons. The SMILES string of the molecule is Cl.NC[C@@H](N)c1cc(Br)c(O)c(Br)c1. The van der Waals surface area contributed by atoms with Gasteiger partial charge in [-0.25, -0.2) is 0 Å². The number of aromatic hydroxyl groups is 1. The summed E-state index contributed by atoms with van der Waals surface area (Å²) in [6.07, 6.45) is 0. The average molecular weight is 346 g/mol. The summed E-state index contributed by atoms with van der Waals surface area (Å²) in [5, 5.41) is 9.42. The number of hydrogen-bond donors (Lipinski definition) is 3. The maximum atomic E-state index is 9.42. The topological polar surface area (TPSA) is 72.3 Å². The van der Waals surface area contributed by atoms with E-state index in [1.807, 2.05) is 0 Å². The van der Waals surface area contributed by atoms with Gasteiger partial charge in [0.2, 0.25) is 0 Å². The fraction of sp³-hybridized carbons (Fsp3) is 0.250. The Labute approximate surface area is 106 Å². The van der Waals surface area contributed by atoms with Crippen molar-refractivity contribution in [1.82, 2.24) is 0 Å². The molecule has 0 heterocycles. The second kappa shape index (κ2) is 5.92. The quantitative estimate of drug-likeness (QED) is 0.769. The molecule has 0 amide bonds. The molecule has 0 unspecified atom stereocenters. The lowest BCUT2D eigenvalue weighted by Gasteiger charge is -2.11. The molecule has 14 heavy (non-hydrogen) atoms. The van der Waals surface area contributed by atoms with E-state index in [9.17, 15) is 5.11 Å². The van der Waals surface area contributed by atoms with Gasteiger partial charge < -0.3 is 16.6 Å². The van der Waals surface area contributed by atoms with Crippen molar-refractivity contribution in [3.63, 3.8) is 0 Å². The Morgan fingerprint density at radius 3 is 2.07 bits per heavy atom. The summed E-state index contributed by atoms with van der Waals surface area (Å²) in [5.74, 6) is 0.174. The molecule has 1 atom stereocenters. The molecule has 5 N–H and O–H groups in total. The number of halogens is 3. The molecule has 6 heteroatoms. The number of rotatable bonds is 2. The molecule has 0 saturated carbocycles. The number of nitrogens with two attached hydrogens (primary N) is 2. The minimum atomic E-state index is -0.201. The van der Waals surface area contributed by atoms with Crippen LogP contribution in [-0.4, -0.2) is 11.7 Å². The molecule has 0 spiro atoms. The van der Waals surface area contributed by atoms with E-state index in [0.29, 0.717) is 15.5 Å². The van der Waals surface area contributed by atoms with E-state index in [1.165, 1.54) is 0 Å². The molecule has 0 saturated heterocycles. The molecular weight excluding hydrogens is 335 g/mol. The normalized spacial score (nSPS) is 12.0. The standard InChI is InChI=1S/C8H10Br2N2O.ClH/c9-5-1-4(7(12)3-11)2-6(10)8(5)13;/h1-2,7,13H,3,11-12H2;1H/t7-;/m1./s1. The minimum absolute atomic E-state index is 0. The summed E-state index contributed by atoms with van der Waals surface area (Å²) in [6, 6.07) is 3.32. The van der Waals surface area contributed by atoms with Crippen LogP contribution in [0, 0.1) is 0 Å². The molecule has 0 aromatic heterocycles. The molecule has 0 fully saturated rings.